The van der Waals surface area contributed by atoms with Gasteiger partial charge >= 0.3 is 0 Å². The Bertz CT molecular complexity index is 286. The third-order valence-corrected chi connectivity index (χ3v) is 6.93. The van der Waals surface area contributed by atoms with E-state index in [1.165, 1.54) is 121 Å². The number of hydrogen-bond donors (Lipinski definition) is 1. The number of unbranched alkanes of at least 4 members (excludes halogenated alkanes) is 16. The minimum absolute atomic E-state index is 0.248. The van der Waals surface area contributed by atoms with Gasteiger partial charge in [-0.2, -0.15) is 11.8 Å². The molecule has 0 spiro atoms. The molecule has 176 valence electrons. The van der Waals surface area contributed by atoms with Crippen molar-refractivity contribution in [2.24, 2.45) is 0 Å². The van der Waals surface area contributed by atoms with Gasteiger partial charge in [-0.3, -0.25) is 0 Å². The molecule has 0 saturated carbocycles. The van der Waals surface area contributed by atoms with E-state index in [1.54, 1.807) is 0 Å². The maximum absolute atomic E-state index is 9.28. The molecule has 2 nitrogen and oxygen atoms in total. The third-order valence-electron chi connectivity index (χ3n) is 5.75. The first-order valence-corrected chi connectivity index (χ1v) is 14.3. The lowest BCUT2D eigenvalue weighted by Gasteiger charge is -2.16. The SMILES string of the molecule is CCCCCCCCCCCCSCC(CCO)OCCCCCCCCCC. The third kappa shape index (κ3) is 24.4. The van der Waals surface area contributed by atoms with Crippen LogP contribution in [0, 0.1) is 0 Å². The highest BCUT2D eigenvalue weighted by molar-refractivity contribution is 7.99. The molecule has 29 heavy (non-hydrogen) atoms. The molecule has 1 unspecified atom stereocenters. The molecule has 3 heteroatoms. The summed E-state index contributed by atoms with van der Waals surface area (Å²) < 4.78 is 6.05. The molecule has 0 radical (unpaired) electrons. The van der Waals surface area contributed by atoms with Crippen molar-refractivity contribution >= 4 is 11.8 Å². The van der Waals surface area contributed by atoms with Crippen LogP contribution in [0.5, 0.6) is 0 Å². The molecule has 1 N–H and O–H groups in total. The van der Waals surface area contributed by atoms with Crippen molar-refractivity contribution in [3.05, 3.63) is 0 Å². The summed E-state index contributed by atoms with van der Waals surface area (Å²) in [7, 11) is 0. The molecule has 0 aromatic heterocycles. The largest absolute Gasteiger partial charge is 0.396 e. The molecule has 0 saturated heterocycles. The van der Waals surface area contributed by atoms with Crippen LogP contribution < -0.4 is 0 Å². The quantitative estimate of drug-likeness (QED) is 0.147. The van der Waals surface area contributed by atoms with Crippen LogP contribution in [0.2, 0.25) is 0 Å². The van der Waals surface area contributed by atoms with Crippen molar-refractivity contribution in [1.82, 2.24) is 0 Å². The van der Waals surface area contributed by atoms with E-state index in [-0.39, 0.29) is 12.7 Å². The molecule has 0 aromatic carbocycles. The summed E-state index contributed by atoms with van der Waals surface area (Å²) >= 11 is 2.02. The van der Waals surface area contributed by atoms with E-state index >= 15 is 0 Å². The fraction of sp³-hybridized carbons (Fsp3) is 1.00. The fourth-order valence-corrected chi connectivity index (χ4v) is 4.85. The van der Waals surface area contributed by atoms with Crippen LogP contribution in [-0.4, -0.2) is 35.9 Å². The first-order chi connectivity index (χ1) is 14.3. The van der Waals surface area contributed by atoms with Crippen LogP contribution in [0.1, 0.15) is 136 Å². The Labute approximate surface area is 188 Å². The average Bonchev–Trinajstić information content (AvgIpc) is 2.73. The van der Waals surface area contributed by atoms with Gasteiger partial charge in [-0.15, -0.1) is 0 Å². The minimum Gasteiger partial charge on any atom is -0.396 e. The van der Waals surface area contributed by atoms with E-state index in [0.717, 1.165) is 18.8 Å². The van der Waals surface area contributed by atoms with Gasteiger partial charge in [0.25, 0.3) is 0 Å². The Morgan fingerprint density at radius 2 is 1.07 bits per heavy atom. The summed E-state index contributed by atoms with van der Waals surface area (Å²) in [5.41, 5.74) is 0. The highest BCUT2D eigenvalue weighted by Gasteiger charge is 2.08. The van der Waals surface area contributed by atoms with Gasteiger partial charge in [0.2, 0.25) is 0 Å². The van der Waals surface area contributed by atoms with E-state index in [2.05, 4.69) is 13.8 Å². The van der Waals surface area contributed by atoms with Crippen LogP contribution >= 0.6 is 11.8 Å². The van der Waals surface area contributed by atoms with Crippen molar-refractivity contribution in [3.63, 3.8) is 0 Å². The monoisotopic (exact) mass is 430 g/mol. The van der Waals surface area contributed by atoms with Gasteiger partial charge in [0, 0.05) is 19.0 Å². The maximum Gasteiger partial charge on any atom is 0.0687 e. The number of rotatable bonds is 25. The molecular weight excluding hydrogens is 376 g/mol. The summed E-state index contributed by atoms with van der Waals surface area (Å²) in [6.07, 6.45) is 25.8. The van der Waals surface area contributed by atoms with Gasteiger partial charge < -0.3 is 9.84 Å². The number of aliphatic hydroxyl groups is 1. The highest BCUT2D eigenvalue weighted by atomic mass is 32.2. The zero-order valence-corrected chi connectivity index (χ0v) is 20.9. The molecule has 0 aliphatic heterocycles. The Balaban J connectivity index is 3.39. The number of thioether (sulfide) groups is 1. The van der Waals surface area contributed by atoms with Crippen molar-refractivity contribution in [2.75, 3.05) is 24.7 Å². The Morgan fingerprint density at radius 1 is 0.621 bits per heavy atom. The van der Waals surface area contributed by atoms with Crippen molar-refractivity contribution in [3.8, 4) is 0 Å². The Hall–Kier alpha value is 0.270. The van der Waals surface area contributed by atoms with E-state index in [4.69, 9.17) is 4.74 Å². The number of aliphatic hydroxyl groups excluding tert-OH is 1. The molecule has 0 aliphatic rings. The molecule has 0 rings (SSSR count). The minimum atomic E-state index is 0.248. The van der Waals surface area contributed by atoms with Gasteiger partial charge in [-0.05, 0) is 25.0 Å². The zero-order valence-electron chi connectivity index (χ0n) is 20.1. The molecule has 0 aromatic rings. The van der Waals surface area contributed by atoms with Crippen LogP contribution in [0.4, 0.5) is 0 Å². The van der Waals surface area contributed by atoms with Crippen LogP contribution in [-0.2, 0) is 4.74 Å². The van der Waals surface area contributed by atoms with E-state index in [9.17, 15) is 5.11 Å². The van der Waals surface area contributed by atoms with E-state index in [0.29, 0.717) is 0 Å². The number of hydrogen-bond acceptors (Lipinski definition) is 3. The standard InChI is InChI=1S/C26H54O2S/c1-3-5-7-9-11-13-14-16-18-20-24-29-25-26(21-22-27)28-23-19-17-15-12-10-8-6-4-2/h26-27H,3-25H2,1-2H3. The number of ether oxygens (including phenoxy) is 1. The zero-order chi connectivity index (χ0) is 21.3. The highest BCUT2D eigenvalue weighted by Crippen LogP contribution is 2.15. The first-order valence-electron chi connectivity index (χ1n) is 13.1. The molecule has 0 amide bonds. The predicted molar refractivity (Wildman–Crippen MR) is 133 cm³/mol. The second-order valence-corrected chi connectivity index (χ2v) is 9.89. The van der Waals surface area contributed by atoms with Crippen molar-refractivity contribution in [2.45, 2.75) is 142 Å². The molecule has 1 atom stereocenters. The molecule has 0 heterocycles. The molecule has 0 aliphatic carbocycles. The second kappa shape index (κ2) is 26.3. The lowest BCUT2D eigenvalue weighted by molar-refractivity contribution is 0.0486. The topological polar surface area (TPSA) is 29.5 Å². The molecular formula is C26H54O2S. The maximum atomic E-state index is 9.28. The lowest BCUT2D eigenvalue weighted by atomic mass is 10.1. The first kappa shape index (κ1) is 29.3. The van der Waals surface area contributed by atoms with Crippen LogP contribution in [0.3, 0.4) is 0 Å². The average molecular weight is 431 g/mol. The molecule has 0 bridgehead atoms. The lowest BCUT2D eigenvalue weighted by Crippen LogP contribution is -2.18. The summed E-state index contributed by atoms with van der Waals surface area (Å²) in [5, 5.41) is 9.28. The van der Waals surface area contributed by atoms with Gasteiger partial charge in [0.15, 0.2) is 0 Å². The summed E-state index contributed by atoms with van der Waals surface area (Å²) in [6.45, 7) is 5.68. The van der Waals surface area contributed by atoms with Gasteiger partial charge in [0.05, 0.1) is 6.10 Å². The summed E-state index contributed by atoms with van der Waals surface area (Å²) in [6, 6.07) is 0. The normalized spacial score (nSPS) is 12.5. The van der Waals surface area contributed by atoms with Gasteiger partial charge in [-0.25, -0.2) is 0 Å². The van der Waals surface area contributed by atoms with Crippen molar-refractivity contribution in [1.29, 1.82) is 0 Å². The summed E-state index contributed by atoms with van der Waals surface area (Å²) in [5.74, 6) is 2.30. The summed E-state index contributed by atoms with van der Waals surface area (Å²) in [4.78, 5) is 0. The van der Waals surface area contributed by atoms with Gasteiger partial charge in [0.1, 0.15) is 0 Å². The van der Waals surface area contributed by atoms with Gasteiger partial charge in [-0.1, -0.05) is 117 Å². The smallest absolute Gasteiger partial charge is 0.0687 e. The molecule has 0 fully saturated rings. The van der Waals surface area contributed by atoms with Crippen LogP contribution in [0.15, 0.2) is 0 Å². The second-order valence-electron chi connectivity index (χ2n) is 8.74. The fourth-order valence-electron chi connectivity index (χ4n) is 3.75. The Kier molecular flexibility index (Phi) is 26.6. The Morgan fingerprint density at radius 3 is 1.55 bits per heavy atom. The van der Waals surface area contributed by atoms with Crippen LogP contribution in [0.25, 0.3) is 0 Å². The predicted octanol–water partition coefficient (Wildman–Crippen LogP) is 8.55. The van der Waals surface area contributed by atoms with Crippen molar-refractivity contribution < 1.29 is 9.84 Å². The van der Waals surface area contributed by atoms with E-state index in [1.807, 2.05) is 11.8 Å². The van der Waals surface area contributed by atoms with E-state index < -0.39 is 0 Å².